The first-order valence-electron chi connectivity index (χ1n) is 12.8. The number of nitrogens with zero attached hydrogens (tertiary/aromatic N) is 4. The normalized spacial score (nSPS) is 14.0. The molecule has 1 aromatic heterocycles. The number of nitro groups is 1. The molecule has 0 radical (unpaired) electrons. The van der Waals surface area contributed by atoms with Gasteiger partial charge in [0.2, 0.25) is 0 Å². The summed E-state index contributed by atoms with van der Waals surface area (Å²) >= 11 is 0. The number of non-ortho nitro benzene ring substituents is 1. The summed E-state index contributed by atoms with van der Waals surface area (Å²) in [5, 5.41) is 17.3. The Morgan fingerprint density at radius 2 is 1.32 bits per heavy atom. The second kappa shape index (κ2) is 10.3. The Labute approximate surface area is 231 Å². The van der Waals surface area contributed by atoms with Crippen LogP contribution in [0.2, 0.25) is 0 Å². The van der Waals surface area contributed by atoms with E-state index in [9.17, 15) is 14.9 Å². The zero-order valence-electron chi connectivity index (χ0n) is 21.6. The van der Waals surface area contributed by atoms with Gasteiger partial charge in [0.05, 0.1) is 33.3 Å². The topological polar surface area (TPSA) is 80.7 Å². The Balaban J connectivity index is 1.58. The summed E-state index contributed by atoms with van der Waals surface area (Å²) in [7, 11) is 0. The molecule has 4 aromatic carbocycles. The molecule has 194 valence electrons. The van der Waals surface area contributed by atoms with Crippen molar-refractivity contribution in [1.82, 2.24) is 4.57 Å². The number of para-hydroxylation sites is 1. The summed E-state index contributed by atoms with van der Waals surface area (Å²) in [5.74, 6) is -0.202. The van der Waals surface area contributed by atoms with Gasteiger partial charge in [0.15, 0.2) is 0 Å². The number of aromatic nitrogens is 1. The zero-order valence-corrected chi connectivity index (χ0v) is 21.6. The van der Waals surface area contributed by atoms with Gasteiger partial charge in [-0.3, -0.25) is 14.9 Å². The molecule has 7 nitrogen and oxygen atoms in total. The van der Waals surface area contributed by atoms with Gasteiger partial charge >= 0.3 is 0 Å². The van der Waals surface area contributed by atoms with Gasteiger partial charge < -0.3 is 4.57 Å². The van der Waals surface area contributed by atoms with Crippen LogP contribution >= 0.6 is 0 Å². The van der Waals surface area contributed by atoms with Crippen LogP contribution in [0.5, 0.6) is 0 Å². The van der Waals surface area contributed by atoms with Gasteiger partial charge in [-0.25, -0.2) is 0 Å². The van der Waals surface area contributed by atoms with Crippen molar-refractivity contribution in [3.8, 4) is 28.2 Å². The summed E-state index contributed by atoms with van der Waals surface area (Å²) in [6, 6.07) is 37.8. The molecular weight excluding hydrogens is 500 g/mol. The van der Waals surface area contributed by atoms with Crippen LogP contribution in [-0.4, -0.2) is 21.1 Å². The number of nitro benzene ring substituents is 1. The number of amides is 1. The lowest BCUT2D eigenvalue weighted by molar-refractivity contribution is -0.384. The van der Waals surface area contributed by atoms with Gasteiger partial charge in [-0.2, -0.15) is 10.1 Å². The Kier molecular flexibility index (Phi) is 6.38. The molecule has 1 amide bonds. The van der Waals surface area contributed by atoms with Crippen molar-refractivity contribution in [3.05, 3.63) is 143 Å². The minimum absolute atomic E-state index is 0.0187. The molecule has 0 spiro atoms. The molecule has 40 heavy (non-hydrogen) atoms. The molecule has 1 aliphatic rings. The van der Waals surface area contributed by atoms with Crippen molar-refractivity contribution < 1.29 is 9.72 Å². The second-order valence-corrected chi connectivity index (χ2v) is 9.37. The largest absolute Gasteiger partial charge is 0.309 e. The molecular formula is C33H24N4O3. The average Bonchev–Trinajstić information content (AvgIpc) is 3.51. The Morgan fingerprint density at radius 1 is 0.750 bits per heavy atom. The molecule has 0 N–H and O–H groups in total. The van der Waals surface area contributed by atoms with Gasteiger partial charge in [-0.1, -0.05) is 78.9 Å². The van der Waals surface area contributed by atoms with Crippen LogP contribution < -0.4 is 5.01 Å². The van der Waals surface area contributed by atoms with Crippen molar-refractivity contribution in [2.45, 2.75) is 6.92 Å². The third kappa shape index (κ3) is 4.50. The van der Waals surface area contributed by atoms with E-state index < -0.39 is 4.92 Å². The molecule has 0 atom stereocenters. The van der Waals surface area contributed by atoms with Gasteiger partial charge in [0.25, 0.3) is 11.6 Å². The maximum atomic E-state index is 13.6. The van der Waals surface area contributed by atoms with Crippen molar-refractivity contribution in [2.24, 2.45) is 5.10 Å². The maximum Gasteiger partial charge on any atom is 0.280 e. The summed E-state index contributed by atoms with van der Waals surface area (Å²) in [5.41, 5.74) is 7.10. The van der Waals surface area contributed by atoms with Gasteiger partial charge in [0, 0.05) is 23.4 Å². The molecule has 0 bridgehead atoms. The average molecular weight is 525 g/mol. The molecule has 2 heterocycles. The van der Waals surface area contributed by atoms with E-state index in [0.717, 1.165) is 33.8 Å². The Bertz CT molecular complexity index is 1770. The lowest BCUT2D eigenvalue weighted by Crippen LogP contribution is -2.21. The fourth-order valence-corrected chi connectivity index (χ4v) is 4.93. The molecule has 0 saturated heterocycles. The number of hydrogen-bond acceptors (Lipinski definition) is 4. The number of benzene rings is 4. The molecule has 0 unspecified atom stereocenters. The monoisotopic (exact) mass is 524 g/mol. The third-order valence-electron chi connectivity index (χ3n) is 6.83. The summed E-state index contributed by atoms with van der Waals surface area (Å²) in [6.07, 6.45) is 1.89. The van der Waals surface area contributed by atoms with Crippen LogP contribution in [0.25, 0.3) is 34.3 Å². The van der Waals surface area contributed by atoms with Crippen LogP contribution in [-0.2, 0) is 4.79 Å². The molecule has 0 aliphatic carbocycles. The summed E-state index contributed by atoms with van der Waals surface area (Å²) in [4.78, 5) is 24.5. The Morgan fingerprint density at radius 3 is 1.93 bits per heavy atom. The standard InChI is InChI=1S/C33H24N4O3/c1-23-30(33(38)36(34-23)28-15-9-4-10-16-28)21-26-22-31(24-11-5-2-6-12-24)35(32(26)25-13-7-3-8-14-25)27-17-19-29(20-18-27)37(39)40/h2-22H,1H3/b30-21-. The van der Waals surface area contributed by atoms with E-state index >= 15 is 0 Å². The summed E-state index contributed by atoms with van der Waals surface area (Å²) in [6.45, 7) is 1.83. The fourth-order valence-electron chi connectivity index (χ4n) is 4.93. The molecule has 0 saturated carbocycles. The lowest BCUT2D eigenvalue weighted by atomic mass is 10.0. The first kappa shape index (κ1) is 24.8. The highest BCUT2D eigenvalue weighted by molar-refractivity contribution is 6.32. The molecule has 0 fully saturated rings. The predicted octanol–water partition coefficient (Wildman–Crippen LogP) is 7.53. The number of anilines is 1. The highest BCUT2D eigenvalue weighted by Gasteiger charge is 2.30. The van der Waals surface area contributed by atoms with Crippen LogP contribution in [0.3, 0.4) is 0 Å². The Hall–Kier alpha value is -5.56. The van der Waals surface area contributed by atoms with E-state index in [-0.39, 0.29) is 11.6 Å². The van der Waals surface area contributed by atoms with E-state index in [1.54, 1.807) is 12.1 Å². The summed E-state index contributed by atoms with van der Waals surface area (Å²) < 4.78 is 2.08. The quantitative estimate of drug-likeness (QED) is 0.131. The van der Waals surface area contributed by atoms with Crippen molar-refractivity contribution >= 4 is 29.1 Å². The van der Waals surface area contributed by atoms with E-state index in [2.05, 4.69) is 15.7 Å². The zero-order chi connectivity index (χ0) is 27.6. The first-order chi connectivity index (χ1) is 19.5. The maximum absolute atomic E-state index is 13.6. The van der Waals surface area contributed by atoms with E-state index in [0.29, 0.717) is 17.0 Å². The van der Waals surface area contributed by atoms with Gasteiger partial charge in [-0.05, 0) is 54.5 Å². The number of hydrogen-bond donors (Lipinski definition) is 0. The lowest BCUT2D eigenvalue weighted by Gasteiger charge is -2.15. The highest BCUT2D eigenvalue weighted by Crippen LogP contribution is 2.38. The van der Waals surface area contributed by atoms with Crippen LogP contribution in [0.4, 0.5) is 11.4 Å². The van der Waals surface area contributed by atoms with Crippen molar-refractivity contribution in [2.75, 3.05) is 5.01 Å². The molecule has 6 rings (SSSR count). The van der Waals surface area contributed by atoms with Crippen LogP contribution in [0.1, 0.15) is 12.5 Å². The SMILES string of the molecule is CC1=NN(c2ccccc2)C(=O)/C1=C\c1cc(-c2ccccc2)n(-c2ccc([N+](=O)[O-])cc2)c1-c1ccccc1. The van der Waals surface area contributed by atoms with Crippen molar-refractivity contribution in [3.63, 3.8) is 0 Å². The van der Waals surface area contributed by atoms with Gasteiger partial charge in [0.1, 0.15) is 0 Å². The highest BCUT2D eigenvalue weighted by atomic mass is 16.6. The number of rotatable bonds is 6. The van der Waals surface area contributed by atoms with E-state index in [1.807, 2.05) is 104 Å². The van der Waals surface area contributed by atoms with Gasteiger partial charge in [-0.15, -0.1) is 0 Å². The number of hydrazone groups is 1. The minimum Gasteiger partial charge on any atom is -0.309 e. The molecule has 1 aliphatic heterocycles. The second-order valence-electron chi connectivity index (χ2n) is 9.37. The van der Waals surface area contributed by atoms with Crippen molar-refractivity contribution in [1.29, 1.82) is 0 Å². The third-order valence-corrected chi connectivity index (χ3v) is 6.83. The van der Waals surface area contributed by atoms with E-state index in [4.69, 9.17) is 0 Å². The van der Waals surface area contributed by atoms with Crippen LogP contribution in [0, 0.1) is 10.1 Å². The van der Waals surface area contributed by atoms with E-state index in [1.165, 1.54) is 17.1 Å². The molecule has 7 heteroatoms. The van der Waals surface area contributed by atoms with Crippen LogP contribution in [0.15, 0.2) is 132 Å². The number of carbonyl (C=O) groups excluding carboxylic acids is 1. The fraction of sp³-hybridized carbons (Fsp3) is 0.0303. The smallest absolute Gasteiger partial charge is 0.280 e. The first-order valence-corrected chi connectivity index (χ1v) is 12.8. The number of carbonyl (C=O) groups is 1. The molecule has 5 aromatic rings. The predicted molar refractivity (Wildman–Crippen MR) is 158 cm³/mol. The minimum atomic E-state index is -0.405.